The summed E-state index contributed by atoms with van der Waals surface area (Å²) in [5, 5.41) is 4.74. The van der Waals surface area contributed by atoms with Crippen molar-refractivity contribution in [1.29, 1.82) is 0 Å². The number of nitrogens with zero attached hydrogens (tertiary/aromatic N) is 3. The fraction of sp³-hybridized carbons (Fsp3) is 0.214. The fourth-order valence-electron chi connectivity index (χ4n) is 4.80. The third kappa shape index (κ3) is 5.20. The summed E-state index contributed by atoms with van der Waals surface area (Å²) in [6.45, 7) is 1.44. The van der Waals surface area contributed by atoms with Gasteiger partial charge in [0.15, 0.2) is 0 Å². The Morgan fingerprint density at radius 3 is 2.55 bits per heavy atom. The van der Waals surface area contributed by atoms with Gasteiger partial charge in [0.05, 0.1) is 11.1 Å². The van der Waals surface area contributed by atoms with Crippen LogP contribution in [0.3, 0.4) is 0 Å². The van der Waals surface area contributed by atoms with Gasteiger partial charge in [-0.1, -0.05) is 29.3 Å². The summed E-state index contributed by atoms with van der Waals surface area (Å²) in [6, 6.07) is 12.6. The first-order valence-corrected chi connectivity index (χ1v) is 12.8. The molecular formula is C28H24Cl2FN5O2. The predicted octanol–water partition coefficient (Wildman–Crippen LogP) is 5.33. The highest BCUT2D eigenvalue weighted by Crippen LogP contribution is 2.35. The normalized spacial score (nSPS) is 15.1. The van der Waals surface area contributed by atoms with Crippen molar-refractivity contribution >= 4 is 45.9 Å². The maximum Gasteiger partial charge on any atom is 0.267 e. The minimum atomic E-state index is -0.771. The lowest BCUT2D eigenvalue weighted by Crippen LogP contribution is -2.38. The van der Waals surface area contributed by atoms with E-state index in [1.165, 1.54) is 6.07 Å². The highest BCUT2D eigenvalue weighted by molar-refractivity contribution is 6.35. The van der Waals surface area contributed by atoms with Crippen LogP contribution in [0.1, 0.15) is 33.7 Å². The summed E-state index contributed by atoms with van der Waals surface area (Å²) in [5.74, 6) is -1.63. The van der Waals surface area contributed by atoms with Gasteiger partial charge in [-0.2, -0.15) is 0 Å². The minimum Gasteiger partial charge on any atom is -0.364 e. The number of pyridine rings is 2. The number of amides is 2. The van der Waals surface area contributed by atoms with Gasteiger partial charge in [-0.05, 0) is 67.4 Å². The Labute approximate surface area is 228 Å². The Morgan fingerprint density at radius 2 is 1.87 bits per heavy atom. The quantitative estimate of drug-likeness (QED) is 0.337. The number of primary amides is 1. The van der Waals surface area contributed by atoms with Crippen molar-refractivity contribution in [2.75, 3.05) is 20.1 Å². The van der Waals surface area contributed by atoms with Crippen LogP contribution in [0.4, 0.5) is 4.39 Å². The van der Waals surface area contributed by atoms with Crippen molar-refractivity contribution in [3.05, 3.63) is 81.8 Å². The number of benzene rings is 2. The van der Waals surface area contributed by atoms with Crippen LogP contribution < -0.4 is 11.1 Å². The molecule has 0 radical (unpaired) electrons. The van der Waals surface area contributed by atoms with E-state index >= 15 is 0 Å². The van der Waals surface area contributed by atoms with Gasteiger partial charge >= 0.3 is 0 Å². The largest absolute Gasteiger partial charge is 0.364 e. The van der Waals surface area contributed by atoms with Gasteiger partial charge in [-0.3, -0.25) is 14.6 Å². The molecular weight excluding hydrogens is 528 g/mol. The van der Waals surface area contributed by atoms with Crippen molar-refractivity contribution in [2.45, 2.75) is 18.9 Å². The van der Waals surface area contributed by atoms with E-state index in [0.29, 0.717) is 49.7 Å². The van der Waals surface area contributed by atoms with Gasteiger partial charge < -0.3 is 16.0 Å². The molecule has 3 heterocycles. The molecule has 4 aromatic rings. The van der Waals surface area contributed by atoms with Gasteiger partial charge in [0.2, 0.25) is 0 Å². The number of halogens is 3. The summed E-state index contributed by atoms with van der Waals surface area (Å²) in [4.78, 5) is 36.1. The van der Waals surface area contributed by atoms with E-state index in [-0.39, 0.29) is 23.3 Å². The zero-order valence-corrected chi connectivity index (χ0v) is 22.0. The number of carbonyl (C=O) groups is 2. The molecule has 5 rings (SSSR count). The Morgan fingerprint density at radius 1 is 1.11 bits per heavy atom. The van der Waals surface area contributed by atoms with Crippen molar-refractivity contribution in [1.82, 2.24) is 20.2 Å². The molecule has 1 aliphatic heterocycles. The Kier molecular flexibility index (Phi) is 7.29. The molecule has 2 aromatic carbocycles. The molecule has 10 heteroatoms. The lowest BCUT2D eigenvalue weighted by molar-refractivity contribution is 0.0786. The Hall–Kier alpha value is -3.59. The van der Waals surface area contributed by atoms with Gasteiger partial charge in [-0.25, -0.2) is 9.37 Å². The molecule has 7 nitrogen and oxygen atoms in total. The van der Waals surface area contributed by atoms with Crippen molar-refractivity contribution in [3.8, 4) is 22.4 Å². The van der Waals surface area contributed by atoms with Crippen LogP contribution in [0.5, 0.6) is 0 Å². The van der Waals surface area contributed by atoms with Gasteiger partial charge in [0, 0.05) is 52.4 Å². The minimum absolute atomic E-state index is 0.0543. The monoisotopic (exact) mass is 551 g/mol. The average Bonchev–Trinajstić information content (AvgIpc) is 3.40. The smallest absolute Gasteiger partial charge is 0.267 e. The molecule has 0 aliphatic carbocycles. The van der Waals surface area contributed by atoms with Crippen LogP contribution in [-0.2, 0) is 0 Å². The van der Waals surface area contributed by atoms with E-state index in [1.807, 2.05) is 0 Å². The molecule has 1 fully saturated rings. The number of hydrogen-bond acceptors (Lipinski definition) is 5. The maximum absolute atomic E-state index is 14.8. The second-order valence-corrected chi connectivity index (χ2v) is 10.2. The fourth-order valence-corrected chi connectivity index (χ4v) is 5.32. The second-order valence-electron chi connectivity index (χ2n) is 9.31. The number of nitrogens with two attached hydrogens (primary N) is 1. The first kappa shape index (κ1) is 26.0. The molecule has 3 N–H and O–H groups in total. The molecule has 0 bridgehead atoms. The Balaban J connectivity index is 1.71. The van der Waals surface area contributed by atoms with Gasteiger partial charge in [-0.15, -0.1) is 0 Å². The Bertz CT molecular complexity index is 1550. The highest BCUT2D eigenvalue weighted by atomic mass is 35.5. The number of likely N-dealkylation sites (N-methyl/N-ethyl adjacent to an activating group) is 1. The maximum atomic E-state index is 14.8. The summed E-state index contributed by atoms with van der Waals surface area (Å²) in [6.07, 6.45) is 3.66. The average molecular weight is 552 g/mol. The molecule has 0 spiro atoms. The number of fused-ring (bicyclic) bond motifs is 1. The van der Waals surface area contributed by atoms with E-state index in [4.69, 9.17) is 28.9 Å². The zero-order chi connectivity index (χ0) is 27.0. The number of rotatable bonds is 6. The van der Waals surface area contributed by atoms with E-state index < -0.39 is 11.7 Å². The third-order valence-electron chi connectivity index (χ3n) is 6.63. The topological polar surface area (TPSA) is 101 Å². The molecule has 1 aliphatic rings. The molecule has 2 amide bonds. The number of carbonyl (C=O) groups excluding carboxylic acids is 2. The third-order valence-corrected chi connectivity index (χ3v) is 7.07. The zero-order valence-electron chi connectivity index (χ0n) is 20.5. The standard InChI is InChI=1S/C28H24Cl2FN5O2/c1-36(14-19-3-2-8-33-19)28(38)25-20-11-15(26-22(31)5-7-24(35-26)27(32)37)4-6-23(20)34-13-21(25)16-9-17(29)12-18(30)10-16/h4-7,9-13,19,33H,2-3,8,14H2,1H3,(H2,32,37)/t19-/m0/s1. The second kappa shape index (κ2) is 10.6. The lowest BCUT2D eigenvalue weighted by Gasteiger charge is -2.24. The molecule has 194 valence electrons. The van der Waals surface area contributed by atoms with Gasteiger partial charge in [0.1, 0.15) is 17.2 Å². The van der Waals surface area contributed by atoms with Crippen LogP contribution in [0.15, 0.2) is 54.7 Å². The van der Waals surface area contributed by atoms with E-state index in [2.05, 4.69) is 15.3 Å². The van der Waals surface area contributed by atoms with Crippen molar-refractivity contribution in [2.24, 2.45) is 5.73 Å². The van der Waals surface area contributed by atoms with Gasteiger partial charge in [0.25, 0.3) is 11.8 Å². The predicted molar refractivity (Wildman–Crippen MR) is 147 cm³/mol. The lowest BCUT2D eigenvalue weighted by atomic mass is 9.95. The SMILES string of the molecule is CN(C[C@@H]1CCCN1)C(=O)c1c(-c2cc(Cl)cc(Cl)c2)cnc2ccc(-c3nc(C(N)=O)ccc3F)cc12. The summed E-state index contributed by atoms with van der Waals surface area (Å²) < 4.78 is 14.8. The molecule has 1 atom stereocenters. The highest BCUT2D eigenvalue weighted by Gasteiger charge is 2.25. The number of nitrogens with one attached hydrogen (secondary N) is 1. The van der Waals surface area contributed by atoms with Crippen LogP contribution in [0.2, 0.25) is 10.0 Å². The summed E-state index contributed by atoms with van der Waals surface area (Å²) in [7, 11) is 1.75. The van der Waals surface area contributed by atoms with E-state index in [9.17, 15) is 14.0 Å². The van der Waals surface area contributed by atoms with Crippen LogP contribution in [0.25, 0.3) is 33.3 Å². The van der Waals surface area contributed by atoms with Crippen LogP contribution in [-0.4, -0.2) is 52.9 Å². The number of hydrogen-bond donors (Lipinski definition) is 2. The molecule has 1 saturated heterocycles. The van der Waals surface area contributed by atoms with Crippen LogP contribution >= 0.6 is 23.2 Å². The first-order chi connectivity index (χ1) is 18.2. The molecule has 2 aromatic heterocycles. The van der Waals surface area contributed by atoms with E-state index in [0.717, 1.165) is 25.5 Å². The molecule has 0 unspecified atom stereocenters. The number of aromatic nitrogens is 2. The molecule has 38 heavy (non-hydrogen) atoms. The summed E-state index contributed by atoms with van der Waals surface area (Å²) in [5.41, 5.74) is 7.68. The summed E-state index contributed by atoms with van der Waals surface area (Å²) >= 11 is 12.6. The van der Waals surface area contributed by atoms with Crippen LogP contribution in [0, 0.1) is 5.82 Å². The van der Waals surface area contributed by atoms with Crippen molar-refractivity contribution < 1.29 is 14.0 Å². The molecule has 0 saturated carbocycles. The first-order valence-electron chi connectivity index (χ1n) is 12.1. The van der Waals surface area contributed by atoms with Crippen molar-refractivity contribution in [3.63, 3.8) is 0 Å². The van der Waals surface area contributed by atoms with E-state index in [1.54, 1.807) is 54.5 Å².